The van der Waals surface area contributed by atoms with Crippen LogP contribution in [0.2, 0.25) is 0 Å². The number of aryl methyl sites for hydroxylation is 1. The van der Waals surface area contributed by atoms with Crippen LogP contribution < -0.4 is 5.32 Å². The van der Waals surface area contributed by atoms with Crippen LogP contribution in [0, 0.1) is 29.5 Å². The van der Waals surface area contributed by atoms with Crippen molar-refractivity contribution in [2.75, 3.05) is 19.8 Å². The number of carbonyl (C=O) groups is 1. The predicted octanol–water partition coefficient (Wildman–Crippen LogP) is 1.33. The molecule has 2 rings (SSSR count). The van der Waals surface area contributed by atoms with E-state index in [4.69, 9.17) is 10.00 Å². The fourth-order valence-electron chi connectivity index (χ4n) is 1.90. The van der Waals surface area contributed by atoms with E-state index in [0.29, 0.717) is 18.5 Å². The van der Waals surface area contributed by atoms with Gasteiger partial charge >= 0.3 is 0 Å². The van der Waals surface area contributed by atoms with Gasteiger partial charge in [0, 0.05) is 6.54 Å². The number of nitriles is 1. The van der Waals surface area contributed by atoms with Crippen LogP contribution in [0.15, 0.2) is 18.2 Å². The van der Waals surface area contributed by atoms with Crippen molar-refractivity contribution in [2.24, 2.45) is 5.41 Å². The summed E-state index contributed by atoms with van der Waals surface area (Å²) in [6.45, 7) is 2.44. The van der Waals surface area contributed by atoms with Crippen molar-refractivity contribution in [2.45, 2.75) is 13.3 Å². The summed E-state index contributed by atoms with van der Waals surface area (Å²) in [6, 6.07) is 6.87. The van der Waals surface area contributed by atoms with Gasteiger partial charge in [-0.05, 0) is 30.5 Å². The van der Waals surface area contributed by atoms with Gasteiger partial charge < -0.3 is 10.1 Å². The van der Waals surface area contributed by atoms with Gasteiger partial charge in [-0.1, -0.05) is 12.1 Å². The molecule has 0 bridgehead atoms. The molecule has 1 aliphatic heterocycles. The number of ether oxygens (including phenoxy) is 1. The monoisotopic (exact) mass is 262 g/mol. The summed E-state index contributed by atoms with van der Waals surface area (Å²) in [4.78, 5) is 11.8. The van der Waals surface area contributed by atoms with Crippen LogP contribution in [-0.2, 0) is 16.0 Å². The highest BCUT2D eigenvalue weighted by Crippen LogP contribution is 2.26. The lowest BCUT2D eigenvalue weighted by Gasteiger charge is -2.33. The van der Waals surface area contributed by atoms with Crippen molar-refractivity contribution in [3.05, 3.63) is 35.1 Å². The molecule has 100 valence electrons. The number of hydrogen-bond acceptors (Lipinski definition) is 3. The average molecular weight is 262 g/mol. The molecule has 0 radical (unpaired) electrons. The molecule has 19 heavy (non-hydrogen) atoms. The molecule has 1 aromatic rings. The van der Waals surface area contributed by atoms with Gasteiger partial charge in [0.1, 0.15) is 5.82 Å². The second-order valence-electron chi connectivity index (χ2n) is 4.78. The summed E-state index contributed by atoms with van der Waals surface area (Å²) in [7, 11) is 0. The lowest BCUT2D eigenvalue weighted by Crippen LogP contribution is -2.53. The summed E-state index contributed by atoms with van der Waals surface area (Å²) < 4.78 is 18.0. The van der Waals surface area contributed by atoms with Crippen LogP contribution in [0.1, 0.15) is 11.1 Å². The summed E-state index contributed by atoms with van der Waals surface area (Å²) in [5.41, 5.74) is 0.526. The van der Waals surface area contributed by atoms with Crippen molar-refractivity contribution in [1.29, 1.82) is 5.26 Å². The van der Waals surface area contributed by atoms with Gasteiger partial charge in [0.2, 0.25) is 5.91 Å². The lowest BCUT2D eigenvalue weighted by atomic mass is 9.87. The van der Waals surface area contributed by atoms with Crippen LogP contribution in [0.5, 0.6) is 0 Å². The molecule has 1 fully saturated rings. The Kier molecular flexibility index (Phi) is 3.82. The first-order chi connectivity index (χ1) is 9.07. The number of nitrogens with one attached hydrogen (secondary N) is 1. The third kappa shape index (κ3) is 2.74. The van der Waals surface area contributed by atoms with Gasteiger partial charge in [-0.2, -0.15) is 5.26 Å². The molecule has 1 aliphatic rings. The molecule has 0 aliphatic carbocycles. The maximum absolute atomic E-state index is 13.1. The zero-order chi connectivity index (χ0) is 13.9. The number of benzene rings is 1. The second-order valence-corrected chi connectivity index (χ2v) is 4.78. The maximum atomic E-state index is 13.1. The molecule has 0 unspecified atom stereocenters. The van der Waals surface area contributed by atoms with Gasteiger partial charge in [-0.25, -0.2) is 4.39 Å². The molecule has 0 saturated carbocycles. The van der Waals surface area contributed by atoms with E-state index >= 15 is 0 Å². The summed E-state index contributed by atoms with van der Waals surface area (Å²) >= 11 is 0. The Morgan fingerprint density at radius 2 is 2.32 bits per heavy atom. The first-order valence-electron chi connectivity index (χ1n) is 6.10. The van der Waals surface area contributed by atoms with Crippen molar-refractivity contribution in [3.63, 3.8) is 0 Å². The van der Waals surface area contributed by atoms with E-state index in [9.17, 15) is 9.18 Å². The standard InChI is InChI=1S/C14H15FN2O2/c1-10-6-11(2-3-12(10)15)4-5-17-13(18)14(7-16)8-19-9-14/h2-3,6H,4-5,8-9H2,1H3,(H,17,18). The van der Waals surface area contributed by atoms with Crippen LogP contribution in [0.25, 0.3) is 0 Å². The number of hydrogen-bond donors (Lipinski definition) is 1. The minimum atomic E-state index is -1.02. The van der Waals surface area contributed by atoms with E-state index in [-0.39, 0.29) is 24.9 Å². The van der Waals surface area contributed by atoms with Crippen molar-refractivity contribution in [3.8, 4) is 6.07 Å². The molecule has 1 aromatic carbocycles. The van der Waals surface area contributed by atoms with Gasteiger partial charge in [0.15, 0.2) is 5.41 Å². The quantitative estimate of drug-likeness (QED) is 0.890. The Morgan fingerprint density at radius 1 is 1.58 bits per heavy atom. The summed E-state index contributed by atoms with van der Waals surface area (Å²) in [5, 5.41) is 11.7. The largest absolute Gasteiger partial charge is 0.377 e. The molecule has 0 spiro atoms. The number of halogens is 1. The molecular formula is C14H15FN2O2. The Labute approximate surface area is 111 Å². The van der Waals surface area contributed by atoms with Crippen LogP contribution in [0.3, 0.4) is 0 Å². The fraction of sp³-hybridized carbons (Fsp3) is 0.429. The maximum Gasteiger partial charge on any atom is 0.245 e. The first-order valence-corrected chi connectivity index (χ1v) is 6.10. The molecule has 0 aromatic heterocycles. The zero-order valence-corrected chi connectivity index (χ0v) is 10.7. The predicted molar refractivity (Wildman–Crippen MR) is 66.7 cm³/mol. The fourth-order valence-corrected chi connectivity index (χ4v) is 1.90. The van der Waals surface area contributed by atoms with Crippen LogP contribution in [-0.4, -0.2) is 25.7 Å². The van der Waals surface area contributed by atoms with Gasteiger partial charge in [-0.15, -0.1) is 0 Å². The van der Waals surface area contributed by atoms with E-state index < -0.39 is 5.41 Å². The summed E-state index contributed by atoms with van der Waals surface area (Å²) in [6.07, 6.45) is 0.606. The van der Waals surface area contributed by atoms with Crippen molar-refractivity contribution < 1.29 is 13.9 Å². The van der Waals surface area contributed by atoms with Crippen molar-refractivity contribution >= 4 is 5.91 Å². The van der Waals surface area contributed by atoms with Gasteiger partial charge in [0.05, 0.1) is 19.3 Å². The SMILES string of the molecule is Cc1cc(CCNC(=O)C2(C#N)COC2)ccc1F. The number of rotatable bonds is 4. The van der Waals surface area contributed by atoms with E-state index in [1.54, 1.807) is 19.1 Å². The van der Waals surface area contributed by atoms with Crippen LogP contribution >= 0.6 is 0 Å². The van der Waals surface area contributed by atoms with Crippen molar-refractivity contribution in [1.82, 2.24) is 5.32 Å². The Hall–Kier alpha value is -1.93. The van der Waals surface area contributed by atoms with E-state index in [0.717, 1.165) is 5.56 Å². The van der Waals surface area contributed by atoms with Crippen LogP contribution in [0.4, 0.5) is 4.39 Å². The third-order valence-electron chi connectivity index (χ3n) is 3.27. The van der Waals surface area contributed by atoms with E-state index in [1.165, 1.54) is 6.07 Å². The Balaban J connectivity index is 1.85. The number of carbonyl (C=O) groups excluding carboxylic acids is 1. The average Bonchev–Trinajstić information content (AvgIpc) is 2.33. The Morgan fingerprint density at radius 3 is 2.84 bits per heavy atom. The topological polar surface area (TPSA) is 62.1 Å². The molecule has 1 saturated heterocycles. The molecule has 1 amide bonds. The Bertz CT molecular complexity index is 533. The molecule has 1 heterocycles. The highest BCUT2D eigenvalue weighted by Gasteiger charge is 2.46. The smallest absolute Gasteiger partial charge is 0.245 e. The molecule has 1 N–H and O–H groups in total. The lowest BCUT2D eigenvalue weighted by molar-refractivity contribution is -0.149. The minimum absolute atomic E-state index is 0.158. The number of amides is 1. The van der Waals surface area contributed by atoms with Gasteiger partial charge in [-0.3, -0.25) is 4.79 Å². The molecule has 0 atom stereocenters. The summed E-state index contributed by atoms with van der Waals surface area (Å²) in [5.74, 6) is -0.525. The zero-order valence-electron chi connectivity index (χ0n) is 10.7. The number of nitrogens with zero attached hydrogens (tertiary/aromatic N) is 1. The third-order valence-corrected chi connectivity index (χ3v) is 3.27. The molecular weight excluding hydrogens is 247 g/mol. The van der Waals surface area contributed by atoms with E-state index in [1.807, 2.05) is 6.07 Å². The second kappa shape index (κ2) is 5.37. The molecule has 5 heteroatoms. The minimum Gasteiger partial charge on any atom is -0.377 e. The van der Waals surface area contributed by atoms with Gasteiger partial charge in [0.25, 0.3) is 0 Å². The van der Waals surface area contributed by atoms with E-state index in [2.05, 4.69) is 5.32 Å². The molecule has 4 nitrogen and oxygen atoms in total. The highest BCUT2D eigenvalue weighted by atomic mass is 19.1. The first kappa shape index (κ1) is 13.5. The normalized spacial score (nSPS) is 16.3. The highest BCUT2D eigenvalue weighted by molar-refractivity contribution is 5.86.